The van der Waals surface area contributed by atoms with Gasteiger partial charge in [-0.25, -0.2) is 4.98 Å². The molecule has 0 bridgehead atoms. The Morgan fingerprint density at radius 3 is 3.20 bits per heavy atom. The first kappa shape index (κ1) is 8.28. The number of nitrogens with two attached hydrogens (primary N) is 1. The topological polar surface area (TPSA) is 72.9 Å². The molecule has 3 rings (SSSR count). The summed E-state index contributed by atoms with van der Waals surface area (Å²) in [5, 5.41) is 2.82. The summed E-state index contributed by atoms with van der Waals surface area (Å²) in [4.78, 5) is 15.9. The molecule has 0 saturated carbocycles. The normalized spacial score (nSPS) is 15.1. The summed E-state index contributed by atoms with van der Waals surface area (Å²) < 4.78 is 1.88. The highest BCUT2D eigenvalue weighted by molar-refractivity contribution is 6.06. The molecule has 0 unspecified atom stereocenters. The van der Waals surface area contributed by atoms with Gasteiger partial charge in [-0.15, -0.1) is 0 Å². The van der Waals surface area contributed by atoms with E-state index in [4.69, 9.17) is 5.73 Å². The Morgan fingerprint density at radius 1 is 1.47 bits per heavy atom. The Kier molecular flexibility index (Phi) is 1.50. The van der Waals surface area contributed by atoms with E-state index in [9.17, 15) is 4.79 Å². The second-order valence-electron chi connectivity index (χ2n) is 3.55. The first-order valence-corrected chi connectivity index (χ1v) is 4.80. The lowest BCUT2D eigenvalue weighted by atomic mass is 10.2. The van der Waals surface area contributed by atoms with Crippen LogP contribution in [0, 0.1) is 0 Å². The average Bonchev–Trinajstić information content (AvgIpc) is 2.43. The van der Waals surface area contributed by atoms with E-state index in [1.54, 1.807) is 6.07 Å². The van der Waals surface area contributed by atoms with E-state index in [1.807, 2.05) is 16.7 Å². The summed E-state index contributed by atoms with van der Waals surface area (Å²) in [5.74, 6) is 0.410. The van der Waals surface area contributed by atoms with Crippen LogP contribution in [0.1, 0.15) is 10.4 Å². The summed E-state index contributed by atoms with van der Waals surface area (Å²) in [6, 6.07) is 5.48. The van der Waals surface area contributed by atoms with Crippen molar-refractivity contribution in [3.8, 4) is 0 Å². The van der Waals surface area contributed by atoms with Gasteiger partial charge in [0.1, 0.15) is 0 Å². The zero-order chi connectivity index (χ0) is 10.4. The molecule has 15 heavy (non-hydrogen) atoms. The Labute approximate surface area is 85.9 Å². The molecular formula is C10H10N4O. The first-order chi connectivity index (χ1) is 7.27. The lowest BCUT2D eigenvalue weighted by Crippen LogP contribution is -2.24. The Morgan fingerprint density at radius 2 is 2.33 bits per heavy atom. The van der Waals surface area contributed by atoms with E-state index in [0.717, 1.165) is 11.0 Å². The summed E-state index contributed by atoms with van der Waals surface area (Å²) in [7, 11) is 0. The maximum absolute atomic E-state index is 11.7. The number of carbonyl (C=O) groups is 1. The van der Waals surface area contributed by atoms with Crippen LogP contribution in [-0.2, 0) is 6.54 Å². The summed E-state index contributed by atoms with van der Waals surface area (Å²) in [6.07, 6.45) is 0. The number of para-hydroxylation sites is 1. The smallest absolute Gasteiger partial charge is 0.253 e. The van der Waals surface area contributed by atoms with E-state index in [-0.39, 0.29) is 5.91 Å². The van der Waals surface area contributed by atoms with Gasteiger partial charge in [-0.05, 0) is 12.1 Å². The number of aromatic nitrogens is 2. The molecule has 0 atom stereocenters. The van der Waals surface area contributed by atoms with Gasteiger partial charge >= 0.3 is 0 Å². The molecule has 5 heteroatoms. The second kappa shape index (κ2) is 2.73. The maximum atomic E-state index is 11.7. The minimum Gasteiger partial charge on any atom is -0.369 e. The standard InChI is InChI=1S/C10H10N4O/c11-10-13-7-3-1-2-6-8(7)14(10)5-4-12-9(6)15/h1-3H,4-5H2,(H2,11,13)(H,12,15). The third kappa shape index (κ3) is 1.03. The highest BCUT2D eigenvalue weighted by Gasteiger charge is 2.19. The van der Waals surface area contributed by atoms with Crippen molar-refractivity contribution >= 4 is 22.9 Å². The molecule has 0 spiro atoms. The van der Waals surface area contributed by atoms with Crippen molar-refractivity contribution in [2.24, 2.45) is 0 Å². The van der Waals surface area contributed by atoms with Crippen molar-refractivity contribution in [3.05, 3.63) is 23.8 Å². The highest BCUT2D eigenvalue weighted by atomic mass is 16.1. The maximum Gasteiger partial charge on any atom is 0.253 e. The zero-order valence-electron chi connectivity index (χ0n) is 8.03. The molecule has 76 valence electrons. The third-order valence-electron chi connectivity index (χ3n) is 2.66. The van der Waals surface area contributed by atoms with Gasteiger partial charge in [0.2, 0.25) is 5.95 Å². The van der Waals surface area contributed by atoms with E-state index in [2.05, 4.69) is 10.3 Å². The van der Waals surface area contributed by atoms with E-state index >= 15 is 0 Å². The number of rotatable bonds is 0. The van der Waals surface area contributed by atoms with Crippen molar-refractivity contribution in [2.75, 3.05) is 12.3 Å². The molecule has 1 aromatic carbocycles. The van der Waals surface area contributed by atoms with E-state index in [1.165, 1.54) is 0 Å². The number of anilines is 1. The molecule has 5 nitrogen and oxygen atoms in total. The first-order valence-electron chi connectivity index (χ1n) is 4.80. The van der Waals surface area contributed by atoms with Gasteiger partial charge < -0.3 is 15.6 Å². The molecule has 3 N–H and O–H groups in total. The van der Waals surface area contributed by atoms with Gasteiger partial charge in [-0.3, -0.25) is 4.79 Å². The minimum atomic E-state index is -0.0562. The van der Waals surface area contributed by atoms with Crippen LogP contribution in [0.15, 0.2) is 18.2 Å². The molecule has 0 saturated heterocycles. The van der Waals surface area contributed by atoms with Crippen LogP contribution in [0.4, 0.5) is 5.95 Å². The molecule has 1 aromatic heterocycles. The van der Waals surface area contributed by atoms with Gasteiger partial charge in [0.15, 0.2) is 0 Å². The second-order valence-corrected chi connectivity index (χ2v) is 3.55. The number of hydrogen-bond donors (Lipinski definition) is 2. The molecule has 1 aliphatic rings. The Balaban J connectivity index is 2.47. The number of hydrogen-bond acceptors (Lipinski definition) is 3. The molecule has 1 aliphatic heterocycles. The van der Waals surface area contributed by atoms with Gasteiger partial charge in [-0.2, -0.15) is 0 Å². The molecular weight excluding hydrogens is 192 g/mol. The van der Waals surface area contributed by atoms with Gasteiger partial charge in [-0.1, -0.05) is 6.07 Å². The average molecular weight is 202 g/mol. The number of nitrogens with zero attached hydrogens (tertiary/aromatic N) is 2. The lowest BCUT2D eigenvalue weighted by molar-refractivity contribution is 0.0956. The van der Waals surface area contributed by atoms with Gasteiger partial charge in [0, 0.05) is 13.1 Å². The number of nitrogen functional groups attached to an aromatic ring is 1. The SMILES string of the molecule is Nc1nc2cccc3c2n1CCNC3=O. The lowest BCUT2D eigenvalue weighted by Gasteiger charge is -2.01. The van der Waals surface area contributed by atoms with Crippen molar-refractivity contribution in [3.63, 3.8) is 0 Å². The fraction of sp³-hybridized carbons (Fsp3) is 0.200. The number of amides is 1. The number of imidazole rings is 1. The molecule has 0 fully saturated rings. The van der Waals surface area contributed by atoms with Crippen molar-refractivity contribution in [1.29, 1.82) is 0 Å². The van der Waals surface area contributed by atoms with Crippen molar-refractivity contribution < 1.29 is 4.79 Å². The fourth-order valence-corrected chi connectivity index (χ4v) is 1.99. The van der Waals surface area contributed by atoms with Crippen LogP contribution in [0.3, 0.4) is 0 Å². The van der Waals surface area contributed by atoms with Crippen LogP contribution < -0.4 is 11.1 Å². The van der Waals surface area contributed by atoms with Crippen LogP contribution in [0.25, 0.3) is 11.0 Å². The predicted molar refractivity (Wildman–Crippen MR) is 56.5 cm³/mol. The number of nitrogens with one attached hydrogen (secondary N) is 1. The zero-order valence-corrected chi connectivity index (χ0v) is 8.03. The Hall–Kier alpha value is -2.04. The van der Waals surface area contributed by atoms with E-state index < -0.39 is 0 Å². The quantitative estimate of drug-likeness (QED) is 0.648. The molecule has 2 aromatic rings. The summed E-state index contributed by atoms with van der Waals surface area (Å²) in [6.45, 7) is 1.26. The largest absolute Gasteiger partial charge is 0.369 e. The number of carbonyl (C=O) groups excluding carboxylic acids is 1. The molecule has 0 radical (unpaired) electrons. The predicted octanol–water partition coefficient (Wildman–Crippen LogP) is 0.362. The number of benzene rings is 1. The van der Waals surface area contributed by atoms with Gasteiger partial charge in [0.05, 0.1) is 16.6 Å². The fourth-order valence-electron chi connectivity index (χ4n) is 1.99. The third-order valence-corrected chi connectivity index (χ3v) is 2.66. The van der Waals surface area contributed by atoms with Gasteiger partial charge in [0.25, 0.3) is 5.91 Å². The van der Waals surface area contributed by atoms with E-state index in [0.29, 0.717) is 24.6 Å². The molecule has 2 heterocycles. The molecule has 1 amide bonds. The monoisotopic (exact) mass is 202 g/mol. The van der Waals surface area contributed by atoms with Crippen LogP contribution in [-0.4, -0.2) is 22.0 Å². The summed E-state index contributed by atoms with van der Waals surface area (Å²) in [5.41, 5.74) is 8.06. The van der Waals surface area contributed by atoms with Crippen molar-refractivity contribution in [1.82, 2.24) is 14.9 Å². The Bertz CT molecular complexity index is 558. The van der Waals surface area contributed by atoms with Crippen LogP contribution >= 0.6 is 0 Å². The van der Waals surface area contributed by atoms with Crippen LogP contribution in [0.2, 0.25) is 0 Å². The minimum absolute atomic E-state index is 0.0562. The summed E-state index contributed by atoms with van der Waals surface area (Å²) >= 11 is 0. The van der Waals surface area contributed by atoms with Crippen molar-refractivity contribution in [2.45, 2.75) is 6.54 Å². The van der Waals surface area contributed by atoms with Crippen LogP contribution in [0.5, 0.6) is 0 Å². The molecule has 0 aliphatic carbocycles. The highest BCUT2D eigenvalue weighted by Crippen LogP contribution is 2.23.